The van der Waals surface area contributed by atoms with Gasteiger partial charge in [0.1, 0.15) is 4.90 Å². The van der Waals surface area contributed by atoms with Crippen molar-refractivity contribution in [3.63, 3.8) is 0 Å². The lowest BCUT2D eigenvalue weighted by molar-refractivity contribution is -0.136. The van der Waals surface area contributed by atoms with Crippen LogP contribution in [0.5, 0.6) is 0 Å². The average molecular weight is 525 g/mol. The molecule has 0 saturated heterocycles. The Balaban J connectivity index is 1.74. The molecule has 38 heavy (non-hydrogen) atoms. The number of fused-ring (bicyclic) bond motifs is 1. The van der Waals surface area contributed by atoms with Crippen molar-refractivity contribution in [3.05, 3.63) is 107 Å². The van der Waals surface area contributed by atoms with Crippen molar-refractivity contribution in [1.82, 2.24) is 4.98 Å². The number of methoxy groups -OCH3 is 1. The van der Waals surface area contributed by atoms with Gasteiger partial charge in [-0.25, -0.2) is 13.2 Å². The fraction of sp³-hybridized carbons (Fsp3) is 0.194. The lowest BCUT2D eigenvalue weighted by Gasteiger charge is -2.14. The van der Waals surface area contributed by atoms with Crippen molar-refractivity contribution in [2.75, 3.05) is 11.8 Å². The molecular weight excluding hydrogens is 496 g/mol. The Hall–Kier alpha value is -4.37. The molecule has 3 aromatic rings. The second-order valence-electron chi connectivity index (χ2n) is 8.55. The van der Waals surface area contributed by atoms with E-state index in [1.165, 1.54) is 7.11 Å². The van der Waals surface area contributed by atoms with Gasteiger partial charge in [0.25, 0.3) is 10.0 Å². The Morgan fingerprint density at radius 2 is 1.89 bits per heavy atom. The molecule has 0 bridgehead atoms. The topological polar surface area (TPSA) is 85.4 Å². The molecule has 0 aliphatic heterocycles. The largest absolute Gasteiger partial charge is 0.466 e. The molecule has 0 atom stereocenters. The van der Waals surface area contributed by atoms with E-state index < -0.39 is 10.0 Å². The standard InChI is InChI=1S/C31H28N2O4S/c1-4-23-18-19-26-13-10-20-32-29(26)30(23)38(35,36)33-28-15-9-7-12-25(28)17-16-22-11-6-8-14-27(31(34)37-3)24(5-2)21-22/h7-13,15,18-21,33H,4-5,14H2,1-3H3/b22-21+,27-24+. The van der Waals surface area contributed by atoms with Crippen LogP contribution in [0.15, 0.2) is 100 Å². The summed E-state index contributed by atoms with van der Waals surface area (Å²) in [7, 11) is -2.61. The minimum absolute atomic E-state index is 0.171. The summed E-state index contributed by atoms with van der Waals surface area (Å²) in [5.41, 5.74) is 7.08. The number of nitrogens with one attached hydrogen (secondary N) is 1. The Bertz CT molecular complexity index is 1700. The minimum atomic E-state index is -3.97. The number of allylic oxidation sites excluding steroid dienone is 4. The van der Waals surface area contributed by atoms with Crippen LogP contribution in [0.25, 0.3) is 10.9 Å². The summed E-state index contributed by atoms with van der Waals surface area (Å²) in [6.45, 7) is 3.88. The molecule has 0 saturated carbocycles. The number of sulfonamides is 1. The fourth-order valence-corrected chi connectivity index (χ4v) is 5.79. The number of nitrogens with zero attached hydrogens (tertiary/aromatic N) is 1. The maximum absolute atomic E-state index is 13.7. The molecule has 0 amide bonds. The summed E-state index contributed by atoms with van der Waals surface area (Å²) in [5, 5.41) is 0.750. The highest BCUT2D eigenvalue weighted by Gasteiger charge is 2.23. The molecule has 1 aromatic heterocycles. The summed E-state index contributed by atoms with van der Waals surface area (Å²) in [4.78, 5) is 16.8. The van der Waals surface area contributed by atoms with Gasteiger partial charge in [0.15, 0.2) is 0 Å². The van der Waals surface area contributed by atoms with Crippen molar-refractivity contribution < 1.29 is 17.9 Å². The molecular formula is C31H28N2O4S. The van der Waals surface area contributed by atoms with E-state index in [0.717, 1.165) is 11.0 Å². The molecule has 0 unspecified atom stereocenters. The fourth-order valence-electron chi connectivity index (χ4n) is 4.24. The Morgan fingerprint density at radius 1 is 1.08 bits per heavy atom. The van der Waals surface area contributed by atoms with Gasteiger partial charge in [0, 0.05) is 34.7 Å². The van der Waals surface area contributed by atoms with E-state index in [2.05, 4.69) is 27.3 Å². The van der Waals surface area contributed by atoms with Crippen LogP contribution in [0.2, 0.25) is 0 Å². The monoisotopic (exact) mass is 524 g/mol. The number of pyridine rings is 1. The normalized spacial score (nSPS) is 16.6. The van der Waals surface area contributed by atoms with Gasteiger partial charge < -0.3 is 4.74 Å². The van der Waals surface area contributed by atoms with Crippen molar-refractivity contribution in [2.45, 2.75) is 38.0 Å². The maximum Gasteiger partial charge on any atom is 0.334 e. The third-order valence-corrected chi connectivity index (χ3v) is 7.65. The number of rotatable bonds is 6. The first kappa shape index (κ1) is 26.7. The highest BCUT2D eigenvalue weighted by Crippen LogP contribution is 2.28. The van der Waals surface area contributed by atoms with Gasteiger partial charge in [-0.3, -0.25) is 9.71 Å². The van der Waals surface area contributed by atoms with Gasteiger partial charge in [-0.1, -0.05) is 56.0 Å². The van der Waals surface area contributed by atoms with E-state index in [-0.39, 0.29) is 10.9 Å². The molecule has 0 spiro atoms. The average Bonchev–Trinajstić information content (AvgIpc) is 2.92. The third-order valence-electron chi connectivity index (χ3n) is 6.17. The number of carbonyl (C=O) groups is 1. The number of hydrogen-bond donors (Lipinski definition) is 1. The molecule has 1 aliphatic carbocycles. The van der Waals surface area contributed by atoms with Crippen LogP contribution in [0.4, 0.5) is 5.69 Å². The Morgan fingerprint density at radius 3 is 2.66 bits per heavy atom. The van der Waals surface area contributed by atoms with Crippen molar-refractivity contribution in [3.8, 4) is 11.8 Å². The van der Waals surface area contributed by atoms with Crippen LogP contribution >= 0.6 is 0 Å². The van der Waals surface area contributed by atoms with E-state index in [1.807, 2.05) is 38.1 Å². The lowest BCUT2D eigenvalue weighted by Crippen LogP contribution is -2.16. The molecule has 0 fully saturated rings. The first-order chi connectivity index (χ1) is 18.4. The zero-order valence-electron chi connectivity index (χ0n) is 21.5. The first-order valence-corrected chi connectivity index (χ1v) is 13.8. The molecule has 4 rings (SSSR count). The molecule has 6 nitrogen and oxygen atoms in total. The summed E-state index contributed by atoms with van der Waals surface area (Å²) < 4.78 is 35.0. The highest BCUT2D eigenvalue weighted by molar-refractivity contribution is 7.93. The van der Waals surface area contributed by atoms with Gasteiger partial charge in [0.05, 0.1) is 18.3 Å². The van der Waals surface area contributed by atoms with Crippen LogP contribution in [0.3, 0.4) is 0 Å². The molecule has 7 heteroatoms. The number of hydrogen-bond acceptors (Lipinski definition) is 5. The van der Waals surface area contributed by atoms with Crippen molar-refractivity contribution in [2.24, 2.45) is 0 Å². The quantitative estimate of drug-likeness (QED) is 0.248. The smallest absolute Gasteiger partial charge is 0.334 e. The number of aromatic nitrogens is 1. The van der Waals surface area contributed by atoms with Crippen LogP contribution in [0.1, 0.15) is 37.8 Å². The lowest BCUT2D eigenvalue weighted by atomic mass is 9.98. The number of aryl methyl sites for hydroxylation is 1. The zero-order valence-corrected chi connectivity index (χ0v) is 22.4. The number of anilines is 1. The first-order valence-electron chi connectivity index (χ1n) is 12.3. The van der Waals surface area contributed by atoms with E-state index in [4.69, 9.17) is 4.74 Å². The molecule has 1 N–H and O–H groups in total. The third kappa shape index (κ3) is 5.78. The van der Waals surface area contributed by atoms with E-state index in [9.17, 15) is 13.2 Å². The van der Waals surface area contributed by atoms with E-state index in [0.29, 0.717) is 52.7 Å². The van der Waals surface area contributed by atoms with Crippen LogP contribution < -0.4 is 4.72 Å². The van der Waals surface area contributed by atoms with Gasteiger partial charge in [-0.05, 0) is 60.4 Å². The number of ether oxygens (including phenoxy) is 1. The Labute approximate surface area is 223 Å². The number of carbonyl (C=O) groups excluding carboxylic acids is 1. The van der Waals surface area contributed by atoms with Gasteiger partial charge in [-0.2, -0.15) is 0 Å². The summed E-state index contributed by atoms with van der Waals surface area (Å²) in [6, 6.07) is 14.3. The highest BCUT2D eigenvalue weighted by atomic mass is 32.2. The van der Waals surface area contributed by atoms with Gasteiger partial charge in [-0.15, -0.1) is 5.73 Å². The van der Waals surface area contributed by atoms with E-state index in [1.54, 1.807) is 48.7 Å². The predicted molar refractivity (Wildman–Crippen MR) is 150 cm³/mol. The summed E-state index contributed by atoms with van der Waals surface area (Å²) in [6.07, 6.45) is 8.56. The summed E-state index contributed by atoms with van der Waals surface area (Å²) >= 11 is 0. The van der Waals surface area contributed by atoms with Crippen LogP contribution in [0, 0.1) is 11.8 Å². The molecule has 1 aliphatic rings. The van der Waals surface area contributed by atoms with Crippen molar-refractivity contribution >= 4 is 32.6 Å². The SMILES string of the molecule is CCC1=C(\C(=O)OC)CC=C=C/C(C#Cc2ccccc2NS(=O)(=O)c2c(CC)ccc3cccnc23)=C\1. The Kier molecular flexibility index (Phi) is 8.28. The van der Waals surface area contributed by atoms with Gasteiger partial charge in [0.2, 0.25) is 0 Å². The maximum atomic E-state index is 13.7. The number of para-hydroxylation sites is 1. The second-order valence-corrected chi connectivity index (χ2v) is 10.2. The van der Waals surface area contributed by atoms with Crippen LogP contribution in [-0.4, -0.2) is 26.5 Å². The van der Waals surface area contributed by atoms with Gasteiger partial charge >= 0.3 is 5.97 Å². The molecule has 192 valence electrons. The predicted octanol–water partition coefficient (Wildman–Crippen LogP) is 5.87. The second kappa shape index (κ2) is 11.8. The zero-order chi connectivity index (χ0) is 27.1. The van der Waals surface area contributed by atoms with Crippen LogP contribution in [-0.2, 0) is 26.0 Å². The molecule has 0 radical (unpaired) electrons. The number of benzene rings is 2. The molecule has 2 aromatic carbocycles. The minimum Gasteiger partial charge on any atom is -0.466 e. The molecule has 1 heterocycles. The van der Waals surface area contributed by atoms with Crippen molar-refractivity contribution in [1.29, 1.82) is 0 Å². The van der Waals surface area contributed by atoms with E-state index >= 15 is 0 Å². The summed E-state index contributed by atoms with van der Waals surface area (Å²) in [5.74, 6) is 5.82. The number of esters is 1.